The number of benzene rings is 3. The van der Waals surface area contributed by atoms with Gasteiger partial charge in [-0.25, -0.2) is 0 Å². The van der Waals surface area contributed by atoms with Crippen LogP contribution in [0.2, 0.25) is 0 Å². The Balaban J connectivity index is 1.45. The molecular formula is C29H34. The van der Waals surface area contributed by atoms with Crippen molar-refractivity contribution >= 4 is 0 Å². The minimum atomic E-state index is 0.668. The van der Waals surface area contributed by atoms with E-state index in [4.69, 9.17) is 0 Å². The van der Waals surface area contributed by atoms with Crippen molar-refractivity contribution in [2.45, 2.75) is 71.1 Å². The Hall–Kier alpha value is -2.34. The molecule has 1 atom stereocenters. The highest BCUT2D eigenvalue weighted by Crippen LogP contribution is 2.35. The number of unbranched alkanes of at least 4 members (excludes halogenated alkanes) is 2. The number of fused-ring (bicyclic) bond motifs is 1. The molecule has 1 aliphatic carbocycles. The topological polar surface area (TPSA) is 0 Å². The molecule has 1 unspecified atom stereocenters. The van der Waals surface area contributed by atoms with Crippen molar-refractivity contribution in [1.29, 1.82) is 0 Å². The van der Waals surface area contributed by atoms with E-state index in [1.54, 1.807) is 11.1 Å². The van der Waals surface area contributed by atoms with Gasteiger partial charge >= 0.3 is 0 Å². The van der Waals surface area contributed by atoms with E-state index in [2.05, 4.69) is 80.6 Å². The highest BCUT2D eigenvalue weighted by Gasteiger charge is 2.20. The first kappa shape index (κ1) is 20.0. The monoisotopic (exact) mass is 382 g/mol. The maximum absolute atomic E-state index is 2.44. The lowest BCUT2D eigenvalue weighted by Gasteiger charge is -2.26. The fraction of sp³-hybridized carbons (Fsp3) is 0.379. The molecule has 4 rings (SSSR count). The van der Waals surface area contributed by atoms with E-state index in [0.29, 0.717) is 5.92 Å². The summed E-state index contributed by atoms with van der Waals surface area (Å²) in [5.41, 5.74) is 10.2. The summed E-state index contributed by atoms with van der Waals surface area (Å²) in [5.74, 6) is 0.668. The van der Waals surface area contributed by atoms with Crippen molar-refractivity contribution in [1.82, 2.24) is 0 Å². The molecule has 0 aliphatic heterocycles. The van der Waals surface area contributed by atoms with Gasteiger partial charge in [0.25, 0.3) is 0 Å². The molecule has 0 heteroatoms. The van der Waals surface area contributed by atoms with E-state index in [0.717, 1.165) is 6.42 Å². The van der Waals surface area contributed by atoms with Crippen LogP contribution < -0.4 is 0 Å². The molecular weight excluding hydrogens is 348 g/mol. The summed E-state index contributed by atoms with van der Waals surface area (Å²) in [7, 11) is 0. The van der Waals surface area contributed by atoms with Crippen LogP contribution in [0.15, 0.2) is 66.7 Å². The second-order valence-corrected chi connectivity index (χ2v) is 8.67. The van der Waals surface area contributed by atoms with E-state index < -0.39 is 0 Å². The predicted octanol–water partition coefficient (Wildman–Crippen LogP) is 7.92. The van der Waals surface area contributed by atoms with E-state index in [-0.39, 0.29) is 0 Å². The van der Waals surface area contributed by atoms with Crippen LogP contribution in [0, 0.1) is 0 Å². The quantitative estimate of drug-likeness (QED) is 0.364. The van der Waals surface area contributed by atoms with Gasteiger partial charge in [-0.05, 0) is 83.4 Å². The van der Waals surface area contributed by atoms with Gasteiger partial charge in [-0.3, -0.25) is 0 Å². The van der Waals surface area contributed by atoms with E-state index >= 15 is 0 Å². The summed E-state index contributed by atoms with van der Waals surface area (Å²) in [6.07, 6.45) is 9.88. The van der Waals surface area contributed by atoms with Gasteiger partial charge in [-0.1, -0.05) is 93.4 Å². The summed E-state index contributed by atoms with van der Waals surface area (Å²) in [6, 6.07) is 25.7. The van der Waals surface area contributed by atoms with E-state index in [1.165, 1.54) is 72.8 Å². The summed E-state index contributed by atoms with van der Waals surface area (Å²) >= 11 is 0. The van der Waals surface area contributed by atoms with Gasteiger partial charge in [0.2, 0.25) is 0 Å². The van der Waals surface area contributed by atoms with Gasteiger partial charge in [0, 0.05) is 0 Å². The van der Waals surface area contributed by atoms with Crippen LogP contribution in [0.3, 0.4) is 0 Å². The van der Waals surface area contributed by atoms with Gasteiger partial charge in [-0.15, -0.1) is 0 Å². The van der Waals surface area contributed by atoms with Crippen LogP contribution in [0.25, 0.3) is 11.1 Å². The lowest BCUT2D eigenvalue weighted by atomic mass is 9.79. The predicted molar refractivity (Wildman–Crippen MR) is 126 cm³/mol. The lowest BCUT2D eigenvalue weighted by molar-refractivity contribution is 0.585. The van der Waals surface area contributed by atoms with Crippen molar-refractivity contribution in [3.05, 3.63) is 94.5 Å². The number of rotatable bonds is 7. The van der Waals surface area contributed by atoms with Crippen molar-refractivity contribution in [2.24, 2.45) is 0 Å². The Labute approximate surface area is 177 Å². The van der Waals surface area contributed by atoms with Crippen molar-refractivity contribution in [3.63, 3.8) is 0 Å². The molecule has 0 bridgehead atoms. The van der Waals surface area contributed by atoms with Gasteiger partial charge in [0.15, 0.2) is 0 Å². The van der Waals surface area contributed by atoms with Crippen LogP contribution in [0.1, 0.15) is 73.3 Å². The minimum absolute atomic E-state index is 0.668. The first-order valence-corrected chi connectivity index (χ1v) is 11.6. The second-order valence-electron chi connectivity index (χ2n) is 8.67. The Bertz CT molecular complexity index is 915. The fourth-order valence-corrected chi connectivity index (χ4v) is 4.69. The van der Waals surface area contributed by atoms with Crippen LogP contribution in [0.5, 0.6) is 0 Å². The van der Waals surface area contributed by atoms with Crippen LogP contribution in [0.4, 0.5) is 0 Å². The molecule has 3 aromatic carbocycles. The molecule has 0 fully saturated rings. The largest absolute Gasteiger partial charge is 0.0654 e. The Kier molecular flexibility index (Phi) is 6.49. The average Bonchev–Trinajstić information content (AvgIpc) is 2.79. The maximum Gasteiger partial charge on any atom is -0.0118 e. The maximum atomic E-state index is 2.44. The normalized spacial score (nSPS) is 15.9. The van der Waals surface area contributed by atoms with Crippen molar-refractivity contribution < 1.29 is 0 Å². The Morgan fingerprint density at radius 3 is 2.17 bits per heavy atom. The second kappa shape index (κ2) is 9.44. The third-order valence-corrected chi connectivity index (χ3v) is 6.65. The molecule has 0 nitrogen and oxygen atoms in total. The molecule has 0 amide bonds. The molecule has 150 valence electrons. The zero-order valence-electron chi connectivity index (χ0n) is 18.1. The first-order valence-electron chi connectivity index (χ1n) is 11.6. The summed E-state index contributed by atoms with van der Waals surface area (Å²) in [5, 5.41) is 0. The third-order valence-electron chi connectivity index (χ3n) is 6.65. The molecule has 0 N–H and O–H groups in total. The van der Waals surface area contributed by atoms with Gasteiger partial charge < -0.3 is 0 Å². The van der Waals surface area contributed by atoms with Gasteiger partial charge in [-0.2, -0.15) is 0 Å². The molecule has 0 aromatic heterocycles. The Morgan fingerprint density at radius 1 is 0.724 bits per heavy atom. The molecule has 29 heavy (non-hydrogen) atoms. The minimum Gasteiger partial charge on any atom is -0.0654 e. The summed E-state index contributed by atoms with van der Waals surface area (Å²) in [6.45, 7) is 4.49. The van der Waals surface area contributed by atoms with E-state index in [1.807, 2.05) is 0 Å². The van der Waals surface area contributed by atoms with Crippen LogP contribution in [-0.4, -0.2) is 0 Å². The molecule has 1 aliphatic rings. The highest BCUT2D eigenvalue weighted by atomic mass is 14.2. The fourth-order valence-electron chi connectivity index (χ4n) is 4.69. The average molecular weight is 383 g/mol. The zero-order chi connectivity index (χ0) is 20.1. The first-order chi connectivity index (χ1) is 14.3. The third kappa shape index (κ3) is 4.81. The SMILES string of the molecule is CCCCCc1ccc(-c2ccc3c(c2)CCC(c2ccc(CC)cc2)C3)cc1. The zero-order valence-corrected chi connectivity index (χ0v) is 18.1. The Morgan fingerprint density at radius 2 is 1.45 bits per heavy atom. The van der Waals surface area contributed by atoms with Crippen LogP contribution >= 0.6 is 0 Å². The molecule has 0 saturated carbocycles. The molecule has 3 aromatic rings. The number of aryl methyl sites for hydroxylation is 3. The molecule has 0 spiro atoms. The number of hydrogen-bond donors (Lipinski definition) is 0. The molecule has 0 saturated heterocycles. The molecule has 0 radical (unpaired) electrons. The lowest BCUT2D eigenvalue weighted by Crippen LogP contribution is -2.12. The summed E-state index contributed by atoms with van der Waals surface area (Å²) < 4.78 is 0. The standard InChI is InChI=1S/C29H34/c1-3-5-6-7-23-10-14-25(15-11-23)27-17-19-28-20-26(16-18-29(28)21-27)24-12-8-22(4-2)9-13-24/h8-15,17,19,21,26H,3-7,16,18,20H2,1-2H3. The van der Waals surface area contributed by atoms with Crippen molar-refractivity contribution in [2.75, 3.05) is 0 Å². The van der Waals surface area contributed by atoms with Gasteiger partial charge in [0.05, 0.1) is 0 Å². The highest BCUT2D eigenvalue weighted by molar-refractivity contribution is 5.65. The summed E-state index contributed by atoms with van der Waals surface area (Å²) in [4.78, 5) is 0. The van der Waals surface area contributed by atoms with E-state index in [9.17, 15) is 0 Å². The smallest absolute Gasteiger partial charge is 0.0118 e. The van der Waals surface area contributed by atoms with Gasteiger partial charge in [0.1, 0.15) is 0 Å². The van der Waals surface area contributed by atoms with Crippen molar-refractivity contribution in [3.8, 4) is 11.1 Å². The number of hydrogen-bond acceptors (Lipinski definition) is 0. The molecule has 0 heterocycles. The van der Waals surface area contributed by atoms with Crippen LogP contribution in [-0.2, 0) is 25.7 Å².